The molecule has 0 saturated carbocycles. The lowest BCUT2D eigenvalue weighted by Gasteiger charge is -1.79. The van der Waals surface area contributed by atoms with Crippen molar-refractivity contribution >= 4 is 52.3 Å². The summed E-state index contributed by atoms with van der Waals surface area (Å²) in [5.41, 5.74) is 0. The molecule has 0 aromatic rings. The highest BCUT2D eigenvalue weighted by molar-refractivity contribution is 7.88. The number of hydrogen-bond donors (Lipinski definition) is 0. The van der Waals surface area contributed by atoms with Crippen LogP contribution in [0.4, 0.5) is 0 Å². The van der Waals surface area contributed by atoms with Crippen molar-refractivity contribution < 1.29 is 0 Å². The van der Waals surface area contributed by atoms with Gasteiger partial charge in [0.2, 0.25) is 0 Å². The summed E-state index contributed by atoms with van der Waals surface area (Å²) in [6, 6.07) is 0. The average Bonchev–Trinajstić information content (AvgIpc) is 1.68. The molecule has 0 rings (SSSR count). The van der Waals surface area contributed by atoms with E-state index >= 15 is 0 Å². The lowest BCUT2D eigenvalue weighted by atomic mass is 10.4. The molecule has 3 heteroatoms. The first-order valence-electron chi connectivity index (χ1n) is 1.64. The van der Waals surface area contributed by atoms with Crippen LogP contribution in [0.2, 0.25) is 0 Å². The van der Waals surface area contributed by atoms with Crippen LogP contribution in [0, 0.1) is 0 Å². The van der Waals surface area contributed by atoms with Gasteiger partial charge in [-0.25, -0.2) is 0 Å². The Morgan fingerprint density at radius 1 is 1.71 bits per heavy atom. The molecule has 0 aliphatic rings. The van der Waals surface area contributed by atoms with Gasteiger partial charge < -0.3 is 0 Å². The van der Waals surface area contributed by atoms with Gasteiger partial charge in [0, 0.05) is 22.0 Å². The molecule has 0 saturated heterocycles. The minimum Gasteiger partial charge on any atom is -0.0875 e. The SMILES string of the molecule is S=[C]CC(=S)C=S. The molecule has 1 radical (unpaired) electrons. The molecule has 7 heavy (non-hydrogen) atoms. The zero-order valence-corrected chi connectivity index (χ0v) is 5.96. The molecule has 0 fully saturated rings. The Hall–Kier alpha value is 0.270. The van der Waals surface area contributed by atoms with Crippen LogP contribution in [0.25, 0.3) is 0 Å². The molecular formula is C4H3S3. The smallest absolute Gasteiger partial charge is 0.0347 e. The van der Waals surface area contributed by atoms with E-state index in [1.165, 1.54) is 5.37 Å². The fourth-order valence-electron chi connectivity index (χ4n) is 0.113. The quantitative estimate of drug-likeness (QED) is 0.557. The molecule has 0 spiro atoms. The third-order valence-electron chi connectivity index (χ3n) is 0.378. The highest BCUT2D eigenvalue weighted by atomic mass is 32.1. The molecule has 0 atom stereocenters. The Labute approximate surface area is 58.9 Å². The van der Waals surface area contributed by atoms with Crippen LogP contribution in [0.5, 0.6) is 0 Å². The van der Waals surface area contributed by atoms with Gasteiger partial charge in [-0.3, -0.25) is 0 Å². The average molecular weight is 147 g/mol. The summed E-state index contributed by atoms with van der Waals surface area (Å²) in [6.07, 6.45) is 0.536. The topological polar surface area (TPSA) is 0 Å². The highest BCUT2D eigenvalue weighted by Crippen LogP contribution is 1.78. The maximum Gasteiger partial charge on any atom is 0.0347 e. The number of thiocarbonyl (C=S) groups is 3. The minimum atomic E-state index is 0.536. The molecular weight excluding hydrogens is 144 g/mol. The van der Waals surface area contributed by atoms with Crippen molar-refractivity contribution in [1.82, 2.24) is 0 Å². The molecule has 0 aliphatic carbocycles. The van der Waals surface area contributed by atoms with E-state index in [0.717, 1.165) is 0 Å². The maximum absolute atomic E-state index is 4.67. The fraction of sp³-hybridized carbons (Fsp3) is 0.250. The third kappa shape index (κ3) is 4.12. The van der Waals surface area contributed by atoms with Crippen LogP contribution in [0.3, 0.4) is 0 Å². The molecule has 0 heterocycles. The van der Waals surface area contributed by atoms with E-state index in [4.69, 9.17) is 0 Å². The Bertz CT molecular complexity index is 95.1. The predicted molar refractivity (Wildman–Crippen MR) is 43.5 cm³/mol. The van der Waals surface area contributed by atoms with Gasteiger partial charge in [-0.2, -0.15) is 0 Å². The lowest BCUT2D eigenvalue weighted by Crippen LogP contribution is -1.91. The van der Waals surface area contributed by atoms with Crippen LogP contribution in [0.15, 0.2) is 0 Å². The predicted octanol–water partition coefficient (Wildman–Crippen LogP) is 1.62. The summed E-state index contributed by atoms with van der Waals surface area (Å²) in [4.78, 5) is 0.685. The van der Waals surface area contributed by atoms with Gasteiger partial charge >= 0.3 is 0 Å². The second kappa shape index (κ2) is 4.43. The van der Waals surface area contributed by atoms with E-state index in [-0.39, 0.29) is 0 Å². The molecule has 0 aliphatic heterocycles. The Morgan fingerprint density at radius 3 is 2.43 bits per heavy atom. The molecule has 0 aromatic carbocycles. The van der Waals surface area contributed by atoms with Gasteiger partial charge in [-0.15, -0.1) is 0 Å². The highest BCUT2D eigenvalue weighted by Gasteiger charge is 1.82. The van der Waals surface area contributed by atoms with E-state index in [1.54, 1.807) is 0 Å². The zero-order chi connectivity index (χ0) is 5.70. The molecule has 0 unspecified atom stereocenters. The minimum absolute atomic E-state index is 0.536. The molecule has 0 aromatic heterocycles. The number of rotatable bonds is 3. The van der Waals surface area contributed by atoms with E-state index in [2.05, 4.69) is 42.0 Å². The van der Waals surface area contributed by atoms with Gasteiger partial charge in [0.15, 0.2) is 0 Å². The summed E-state index contributed by atoms with van der Waals surface area (Å²) in [5, 5.41) is 3.90. The molecule has 0 nitrogen and oxygen atoms in total. The summed E-state index contributed by atoms with van der Waals surface area (Å²) in [6.45, 7) is 0. The van der Waals surface area contributed by atoms with Crippen molar-refractivity contribution in [1.29, 1.82) is 0 Å². The van der Waals surface area contributed by atoms with Crippen molar-refractivity contribution in [3.05, 3.63) is 0 Å². The first kappa shape index (κ1) is 7.27. The standard InChI is InChI=1S/C4H3S3/c5-2-1-4(7)3-6/h3H,1H2. The van der Waals surface area contributed by atoms with E-state index in [1.807, 2.05) is 0 Å². The van der Waals surface area contributed by atoms with Crippen molar-refractivity contribution in [3.8, 4) is 0 Å². The fourth-order valence-corrected chi connectivity index (χ4v) is 0.515. The second-order valence-corrected chi connectivity index (χ2v) is 1.95. The Kier molecular flexibility index (Phi) is 4.60. The van der Waals surface area contributed by atoms with Crippen LogP contribution in [-0.4, -0.2) is 15.6 Å². The van der Waals surface area contributed by atoms with Crippen molar-refractivity contribution in [2.45, 2.75) is 6.42 Å². The van der Waals surface area contributed by atoms with Crippen LogP contribution < -0.4 is 0 Å². The van der Waals surface area contributed by atoms with Gasteiger partial charge in [-0.05, 0) is 0 Å². The largest absolute Gasteiger partial charge is 0.0875 e. The monoisotopic (exact) mass is 147 g/mol. The molecule has 0 bridgehead atoms. The normalized spacial score (nSPS) is 7.43. The van der Waals surface area contributed by atoms with Crippen LogP contribution in [0.1, 0.15) is 6.42 Å². The Balaban J connectivity index is 3.36. The molecule has 0 N–H and O–H groups in total. The van der Waals surface area contributed by atoms with Crippen LogP contribution in [-0.2, 0) is 0 Å². The summed E-state index contributed by atoms with van der Waals surface area (Å²) >= 11 is 13.5. The molecule has 37 valence electrons. The van der Waals surface area contributed by atoms with E-state index in [0.29, 0.717) is 11.3 Å². The first-order chi connectivity index (χ1) is 3.31. The molecule has 0 amide bonds. The maximum atomic E-state index is 4.67. The van der Waals surface area contributed by atoms with Gasteiger partial charge in [-0.1, -0.05) is 36.7 Å². The van der Waals surface area contributed by atoms with E-state index in [9.17, 15) is 0 Å². The lowest BCUT2D eigenvalue weighted by molar-refractivity contribution is 1.82. The van der Waals surface area contributed by atoms with Crippen molar-refractivity contribution in [3.63, 3.8) is 0 Å². The summed E-state index contributed by atoms with van der Waals surface area (Å²) < 4.78 is 0. The number of hydrogen-bond acceptors (Lipinski definition) is 3. The van der Waals surface area contributed by atoms with Crippen molar-refractivity contribution in [2.24, 2.45) is 0 Å². The van der Waals surface area contributed by atoms with Crippen LogP contribution >= 0.6 is 36.7 Å². The summed E-state index contributed by atoms with van der Waals surface area (Å²) in [5.74, 6) is 0. The van der Waals surface area contributed by atoms with Gasteiger partial charge in [0.1, 0.15) is 0 Å². The second-order valence-electron chi connectivity index (χ2n) is 0.905. The van der Waals surface area contributed by atoms with Gasteiger partial charge in [0.25, 0.3) is 0 Å². The first-order valence-corrected chi connectivity index (χ1v) is 2.93. The van der Waals surface area contributed by atoms with Gasteiger partial charge in [0.05, 0.1) is 0 Å². The summed E-state index contributed by atoms with van der Waals surface area (Å²) in [7, 11) is 0. The Morgan fingerprint density at radius 2 is 2.29 bits per heavy atom. The zero-order valence-electron chi connectivity index (χ0n) is 3.51. The van der Waals surface area contributed by atoms with Crippen molar-refractivity contribution in [2.75, 3.05) is 0 Å². The van der Waals surface area contributed by atoms with E-state index < -0.39 is 0 Å². The third-order valence-corrected chi connectivity index (χ3v) is 1.22.